The summed E-state index contributed by atoms with van der Waals surface area (Å²) in [4.78, 5) is 3.33. The Bertz CT molecular complexity index is 480. The van der Waals surface area contributed by atoms with Crippen LogP contribution in [0.15, 0.2) is 30.5 Å². The van der Waals surface area contributed by atoms with E-state index in [2.05, 4.69) is 41.6 Å². The molecule has 78 valence electrons. The molecule has 1 saturated carbocycles. The Morgan fingerprint density at radius 3 is 2.93 bits per heavy atom. The second kappa shape index (κ2) is 3.11. The van der Waals surface area contributed by atoms with Gasteiger partial charge in [0.15, 0.2) is 0 Å². The molecule has 0 saturated heterocycles. The number of benzene rings is 1. The highest BCUT2D eigenvalue weighted by molar-refractivity contribution is 5.82. The third-order valence-electron chi connectivity index (χ3n) is 3.59. The zero-order valence-electron chi connectivity index (χ0n) is 9.01. The van der Waals surface area contributed by atoms with Gasteiger partial charge in [-0.2, -0.15) is 0 Å². The van der Waals surface area contributed by atoms with Gasteiger partial charge in [0.25, 0.3) is 0 Å². The van der Waals surface area contributed by atoms with Gasteiger partial charge in [-0.15, -0.1) is 0 Å². The number of hydrogen-bond donors (Lipinski definition) is 2. The Morgan fingerprint density at radius 2 is 2.20 bits per heavy atom. The molecule has 1 fully saturated rings. The van der Waals surface area contributed by atoms with E-state index in [1.165, 1.54) is 29.3 Å². The standard InChI is InChI=1S/C13H16N2/c1-14-13(6-7-13)9-11-4-2-3-10-5-8-15-12(10)11/h2-5,8,14-15H,6-7,9H2,1H3. The van der Waals surface area contributed by atoms with Crippen molar-refractivity contribution in [1.29, 1.82) is 0 Å². The molecule has 1 heterocycles. The van der Waals surface area contributed by atoms with Crippen molar-refractivity contribution in [3.05, 3.63) is 36.0 Å². The first-order chi connectivity index (χ1) is 7.33. The Balaban J connectivity index is 2.00. The number of aromatic amines is 1. The topological polar surface area (TPSA) is 27.8 Å². The Labute approximate surface area is 89.7 Å². The van der Waals surface area contributed by atoms with Gasteiger partial charge < -0.3 is 10.3 Å². The summed E-state index contributed by atoms with van der Waals surface area (Å²) in [6.45, 7) is 0. The normalized spacial score (nSPS) is 18.2. The fourth-order valence-electron chi connectivity index (χ4n) is 2.33. The van der Waals surface area contributed by atoms with Crippen LogP contribution in [-0.4, -0.2) is 17.6 Å². The van der Waals surface area contributed by atoms with E-state index in [0.29, 0.717) is 5.54 Å². The molecule has 0 bridgehead atoms. The minimum absolute atomic E-state index is 0.388. The smallest absolute Gasteiger partial charge is 0.0487 e. The molecule has 0 atom stereocenters. The monoisotopic (exact) mass is 200 g/mol. The largest absolute Gasteiger partial charge is 0.361 e. The molecule has 0 spiro atoms. The first-order valence-corrected chi connectivity index (χ1v) is 5.57. The van der Waals surface area contributed by atoms with Crippen LogP contribution < -0.4 is 5.32 Å². The van der Waals surface area contributed by atoms with E-state index in [0.717, 1.165) is 6.42 Å². The SMILES string of the molecule is CNC1(Cc2cccc3cc[nH]c23)CC1. The number of para-hydroxylation sites is 1. The summed E-state index contributed by atoms with van der Waals surface area (Å²) in [6, 6.07) is 8.68. The quantitative estimate of drug-likeness (QED) is 0.782. The van der Waals surface area contributed by atoms with Crippen molar-refractivity contribution in [2.45, 2.75) is 24.8 Å². The van der Waals surface area contributed by atoms with E-state index in [9.17, 15) is 0 Å². The lowest BCUT2D eigenvalue weighted by Crippen LogP contribution is -2.29. The molecule has 0 radical (unpaired) electrons. The van der Waals surface area contributed by atoms with Crippen LogP contribution in [0.3, 0.4) is 0 Å². The molecule has 15 heavy (non-hydrogen) atoms. The summed E-state index contributed by atoms with van der Waals surface area (Å²) in [5.74, 6) is 0. The number of rotatable bonds is 3. The van der Waals surface area contributed by atoms with E-state index in [1.54, 1.807) is 0 Å². The predicted molar refractivity (Wildman–Crippen MR) is 63.0 cm³/mol. The molecular weight excluding hydrogens is 184 g/mol. The van der Waals surface area contributed by atoms with Crippen molar-refractivity contribution in [2.75, 3.05) is 7.05 Å². The summed E-state index contributed by atoms with van der Waals surface area (Å²) < 4.78 is 0. The summed E-state index contributed by atoms with van der Waals surface area (Å²) in [5.41, 5.74) is 3.13. The minimum Gasteiger partial charge on any atom is -0.361 e. The third-order valence-corrected chi connectivity index (χ3v) is 3.59. The van der Waals surface area contributed by atoms with Crippen LogP contribution in [0.5, 0.6) is 0 Å². The predicted octanol–water partition coefficient (Wildman–Crippen LogP) is 2.46. The van der Waals surface area contributed by atoms with E-state index >= 15 is 0 Å². The second-order valence-electron chi connectivity index (χ2n) is 4.57. The van der Waals surface area contributed by atoms with Crippen molar-refractivity contribution in [1.82, 2.24) is 10.3 Å². The first-order valence-electron chi connectivity index (χ1n) is 5.57. The van der Waals surface area contributed by atoms with Crippen molar-refractivity contribution < 1.29 is 0 Å². The molecule has 0 amide bonds. The van der Waals surface area contributed by atoms with Crippen LogP contribution in [0.4, 0.5) is 0 Å². The molecule has 1 aliphatic carbocycles. The van der Waals surface area contributed by atoms with E-state index in [-0.39, 0.29) is 0 Å². The molecular formula is C13H16N2. The van der Waals surface area contributed by atoms with Crippen LogP contribution in [-0.2, 0) is 6.42 Å². The fraction of sp³-hybridized carbons (Fsp3) is 0.385. The number of likely N-dealkylation sites (N-methyl/N-ethyl adjacent to an activating group) is 1. The minimum atomic E-state index is 0.388. The van der Waals surface area contributed by atoms with Gasteiger partial charge in [0.2, 0.25) is 0 Å². The van der Waals surface area contributed by atoms with Gasteiger partial charge >= 0.3 is 0 Å². The van der Waals surface area contributed by atoms with E-state index < -0.39 is 0 Å². The summed E-state index contributed by atoms with van der Waals surface area (Å²) in [6.07, 6.45) is 5.77. The zero-order chi connectivity index (χ0) is 10.3. The second-order valence-corrected chi connectivity index (χ2v) is 4.57. The van der Waals surface area contributed by atoms with E-state index in [1.807, 2.05) is 6.20 Å². The average molecular weight is 200 g/mol. The van der Waals surface area contributed by atoms with Crippen LogP contribution in [0.25, 0.3) is 10.9 Å². The lowest BCUT2D eigenvalue weighted by atomic mass is 10.0. The fourth-order valence-corrected chi connectivity index (χ4v) is 2.33. The molecule has 2 heteroatoms. The van der Waals surface area contributed by atoms with E-state index in [4.69, 9.17) is 0 Å². The number of fused-ring (bicyclic) bond motifs is 1. The van der Waals surface area contributed by atoms with Gasteiger partial charge in [0, 0.05) is 17.3 Å². The van der Waals surface area contributed by atoms with Gasteiger partial charge in [0.05, 0.1) is 0 Å². The molecule has 0 aliphatic heterocycles. The highest BCUT2D eigenvalue weighted by Crippen LogP contribution is 2.39. The lowest BCUT2D eigenvalue weighted by Gasteiger charge is -2.14. The highest BCUT2D eigenvalue weighted by Gasteiger charge is 2.41. The molecule has 2 aromatic rings. The van der Waals surface area contributed by atoms with Crippen molar-refractivity contribution in [3.8, 4) is 0 Å². The van der Waals surface area contributed by atoms with Crippen molar-refractivity contribution in [2.24, 2.45) is 0 Å². The maximum atomic E-state index is 3.44. The van der Waals surface area contributed by atoms with Gasteiger partial charge in [-0.25, -0.2) is 0 Å². The maximum Gasteiger partial charge on any atom is 0.0487 e. The highest BCUT2D eigenvalue weighted by atomic mass is 15.0. The van der Waals surface area contributed by atoms with Crippen LogP contribution in [0, 0.1) is 0 Å². The number of aromatic nitrogens is 1. The van der Waals surface area contributed by atoms with Gasteiger partial charge in [-0.05, 0) is 43.3 Å². The van der Waals surface area contributed by atoms with Gasteiger partial charge in [-0.1, -0.05) is 18.2 Å². The Hall–Kier alpha value is -1.28. The summed E-state index contributed by atoms with van der Waals surface area (Å²) in [5, 5.41) is 4.76. The summed E-state index contributed by atoms with van der Waals surface area (Å²) >= 11 is 0. The van der Waals surface area contributed by atoms with Crippen molar-refractivity contribution in [3.63, 3.8) is 0 Å². The maximum absolute atomic E-state index is 3.44. The van der Waals surface area contributed by atoms with Crippen LogP contribution >= 0.6 is 0 Å². The molecule has 2 N–H and O–H groups in total. The van der Waals surface area contributed by atoms with Crippen LogP contribution in [0.2, 0.25) is 0 Å². The molecule has 1 aliphatic rings. The number of nitrogens with one attached hydrogen (secondary N) is 2. The Morgan fingerprint density at radius 1 is 1.33 bits per heavy atom. The molecule has 3 rings (SSSR count). The molecule has 2 nitrogen and oxygen atoms in total. The Kier molecular flexibility index (Phi) is 1.86. The van der Waals surface area contributed by atoms with Crippen LogP contribution in [0.1, 0.15) is 18.4 Å². The average Bonchev–Trinajstić information content (AvgIpc) is 2.87. The first kappa shape index (κ1) is 8.98. The number of H-pyrrole nitrogens is 1. The third kappa shape index (κ3) is 1.45. The van der Waals surface area contributed by atoms with Gasteiger partial charge in [-0.3, -0.25) is 0 Å². The van der Waals surface area contributed by atoms with Crippen molar-refractivity contribution >= 4 is 10.9 Å². The molecule has 0 unspecified atom stereocenters. The molecule has 1 aromatic heterocycles. The molecule has 1 aromatic carbocycles. The van der Waals surface area contributed by atoms with Gasteiger partial charge in [0.1, 0.15) is 0 Å². The lowest BCUT2D eigenvalue weighted by molar-refractivity contribution is 0.550. The summed E-state index contributed by atoms with van der Waals surface area (Å²) in [7, 11) is 2.07. The zero-order valence-corrected chi connectivity index (χ0v) is 9.01. The number of hydrogen-bond acceptors (Lipinski definition) is 1.